The Bertz CT molecular complexity index is 152. The largest absolute Gasteiger partial charge is 0.412 e. The molecule has 0 fully saturated rings. The first-order valence-corrected chi connectivity index (χ1v) is 6.70. The third kappa shape index (κ3) is 6.37. The molecule has 0 amide bonds. The van der Waals surface area contributed by atoms with Gasteiger partial charge >= 0.3 is 13.9 Å². The van der Waals surface area contributed by atoms with Gasteiger partial charge in [0.05, 0.1) is 0 Å². The van der Waals surface area contributed by atoms with Gasteiger partial charge in [-0.3, -0.25) is 0 Å². The Balaban J connectivity index is 4.60. The van der Waals surface area contributed by atoms with Crippen molar-refractivity contribution in [2.75, 3.05) is 26.0 Å². The third-order valence-corrected chi connectivity index (χ3v) is 2.31. The molecule has 0 saturated carbocycles. The van der Waals surface area contributed by atoms with E-state index in [0.29, 0.717) is 0 Å². The van der Waals surface area contributed by atoms with E-state index in [4.69, 9.17) is 28.9 Å². The quantitative estimate of drug-likeness (QED) is 0.424. The molecule has 0 saturated heterocycles. The Hall–Kier alpha value is 0.190. The van der Waals surface area contributed by atoms with Crippen LogP contribution in [0.4, 0.5) is 0 Å². The Morgan fingerprint density at radius 1 is 0.867 bits per heavy atom. The predicted molar refractivity (Wildman–Crippen MR) is 56.1 cm³/mol. The summed E-state index contributed by atoms with van der Waals surface area (Å²) in [5.74, 6) is -1.57. The topological polar surface area (TPSA) is 88.4 Å². The van der Waals surface area contributed by atoms with Gasteiger partial charge in [-0.05, 0) is 20.8 Å². The first-order valence-electron chi connectivity index (χ1n) is 4.87. The highest BCUT2D eigenvalue weighted by Crippen LogP contribution is 2.48. The van der Waals surface area contributed by atoms with E-state index in [0.717, 1.165) is 0 Å². The van der Waals surface area contributed by atoms with Crippen LogP contribution in [-0.4, -0.2) is 46.6 Å². The molecule has 0 aliphatic carbocycles. The molecule has 0 atom stereocenters. The number of rotatable bonds is 8. The van der Waals surface area contributed by atoms with Crippen LogP contribution < -0.4 is 0 Å². The second-order valence-corrected chi connectivity index (χ2v) is 4.53. The zero-order chi connectivity index (χ0) is 11.9. The van der Waals surface area contributed by atoms with E-state index < -0.39 is 20.1 Å². The van der Waals surface area contributed by atoms with Crippen LogP contribution in [0.2, 0.25) is 0 Å². The average molecular weight is 243 g/mol. The van der Waals surface area contributed by atoms with Gasteiger partial charge in [0.1, 0.15) is 0 Å². The van der Waals surface area contributed by atoms with Crippen molar-refractivity contribution in [3.63, 3.8) is 0 Å². The minimum Gasteiger partial charge on any atom is -0.325 e. The van der Waals surface area contributed by atoms with Crippen molar-refractivity contribution in [3.8, 4) is 0 Å². The average Bonchev–Trinajstić information content (AvgIpc) is 2.01. The Morgan fingerprint density at radius 3 is 1.40 bits per heavy atom. The number of hydrogen-bond donors (Lipinski definition) is 3. The van der Waals surface area contributed by atoms with Gasteiger partial charge < -0.3 is 14.2 Å². The van der Waals surface area contributed by atoms with Crippen molar-refractivity contribution < 1.29 is 28.9 Å². The van der Waals surface area contributed by atoms with Crippen LogP contribution in [0.3, 0.4) is 0 Å². The monoisotopic (exact) mass is 243 g/mol. The minimum atomic E-state index is -4.00. The molecule has 92 valence electrons. The summed E-state index contributed by atoms with van der Waals surface area (Å²) in [5, 5.41) is 0. The van der Waals surface area contributed by atoms with Crippen LogP contribution in [0.1, 0.15) is 20.8 Å². The molecule has 0 rings (SSSR count). The molecular formula is C8H20O6P+. The first kappa shape index (κ1) is 15.2. The second kappa shape index (κ2) is 6.70. The molecule has 15 heavy (non-hydrogen) atoms. The van der Waals surface area contributed by atoms with Crippen LogP contribution in [-0.2, 0) is 14.2 Å². The van der Waals surface area contributed by atoms with Crippen LogP contribution in [0.15, 0.2) is 0 Å². The molecule has 0 aromatic carbocycles. The van der Waals surface area contributed by atoms with E-state index in [9.17, 15) is 0 Å². The second-order valence-electron chi connectivity index (χ2n) is 2.83. The van der Waals surface area contributed by atoms with Gasteiger partial charge in [0, 0.05) is 19.8 Å². The van der Waals surface area contributed by atoms with Gasteiger partial charge in [-0.25, -0.2) is 0 Å². The molecule has 0 radical (unpaired) electrons. The van der Waals surface area contributed by atoms with E-state index in [-0.39, 0.29) is 19.8 Å². The maximum absolute atomic E-state index is 9.02. The molecule has 0 aliphatic heterocycles. The minimum absolute atomic E-state index is 0.278. The van der Waals surface area contributed by atoms with E-state index in [1.54, 1.807) is 20.8 Å². The fourth-order valence-electron chi connectivity index (χ4n) is 1.18. The van der Waals surface area contributed by atoms with Crippen molar-refractivity contribution in [2.45, 2.75) is 26.7 Å². The molecule has 0 aromatic heterocycles. The zero-order valence-electron chi connectivity index (χ0n) is 9.34. The molecule has 0 aromatic rings. The molecule has 7 heteroatoms. The van der Waals surface area contributed by atoms with Crippen molar-refractivity contribution in [2.24, 2.45) is 0 Å². The van der Waals surface area contributed by atoms with Crippen molar-refractivity contribution >= 4 is 7.94 Å². The third-order valence-electron chi connectivity index (χ3n) is 1.50. The fourth-order valence-corrected chi connectivity index (χ4v) is 1.97. The lowest BCUT2D eigenvalue weighted by atomic mass is 10.6. The van der Waals surface area contributed by atoms with Crippen LogP contribution in [0.25, 0.3) is 0 Å². The van der Waals surface area contributed by atoms with Crippen molar-refractivity contribution in [3.05, 3.63) is 0 Å². The molecule has 0 aliphatic rings. The molecule has 3 N–H and O–H groups in total. The Kier molecular flexibility index (Phi) is 6.79. The molecule has 0 bridgehead atoms. The zero-order valence-corrected chi connectivity index (χ0v) is 10.2. The standard InChI is InChI=1S/C8H20O6P/c1-4-12-8(13-5-2,14-6-3)7-15(9,10)11/h9-11H,4-7H2,1-3H3/q+1. The first-order chi connectivity index (χ1) is 6.89. The maximum atomic E-state index is 9.02. The maximum Gasteiger partial charge on any atom is 0.412 e. The van der Waals surface area contributed by atoms with E-state index in [1.165, 1.54) is 0 Å². The summed E-state index contributed by atoms with van der Waals surface area (Å²) in [5.41, 5.74) is 0. The normalized spacial score (nSPS) is 13.2. The van der Waals surface area contributed by atoms with E-state index in [2.05, 4.69) is 0 Å². The highest BCUT2D eigenvalue weighted by Gasteiger charge is 2.48. The summed E-state index contributed by atoms with van der Waals surface area (Å²) >= 11 is 0. The highest BCUT2D eigenvalue weighted by atomic mass is 31.2. The number of hydrogen-bond acceptors (Lipinski definition) is 6. The van der Waals surface area contributed by atoms with Crippen molar-refractivity contribution in [1.29, 1.82) is 0 Å². The molecular weight excluding hydrogens is 223 g/mol. The molecule has 0 spiro atoms. The lowest BCUT2D eigenvalue weighted by Crippen LogP contribution is -2.43. The van der Waals surface area contributed by atoms with Gasteiger partial charge in [0.15, 0.2) is 0 Å². The smallest absolute Gasteiger partial charge is 0.325 e. The fraction of sp³-hybridized carbons (Fsp3) is 1.00. The molecule has 0 heterocycles. The Morgan fingerprint density at radius 2 is 1.20 bits per heavy atom. The predicted octanol–water partition coefficient (Wildman–Crippen LogP) is 0.489. The summed E-state index contributed by atoms with van der Waals surface area (Å²) in [6.45, 7) is 6.00. The van der Waals surface area contributed by atoms with Gasteiger partial charge in [0.2, 0.25) is 6.16 Å². The van der Waals surface area contributed by atoms with E-state index in [1.807, 2.05) is 0 Å². The van der Waals surface area contributed by atoms with Gasteiger partial charge in [0.25, 0.3) is 0 Å². The highest BCUT2D eigenvalue weighted by molar-refractivity contribution is 7.58. The molecule has 6 nitrogen and oxygen atoms in total. The van der Waals surface area contributed by atoms with Gasteiger partial charge in [-0.2, -0.15) is 14.7 Å². The van der Waals surface area contributed by atoms with Gasteiger partial charge in [-0.1, -0.05) is 0 Å². The lowest BCUT2D eigenvalue weighted by Gasteiger charge is -2.30. The molecule has 0 unspecified atom stereocenters. The van der Waals surface area contributed by atoms with Gasteiger partial charge in [-0.15, -0.1) is 0 Å². The summed E-state index contributed by atoms with van der Waals surface area (Å²) in [4.78, 5) is 27.0. The van der Waals surface area contributed by atoms with Crippen LogP contribution >= 0.6 is 7.94 Å². The van der Waals surface area contributed by atoms with Crippen molar-refractivity contribution in [1.82, 2.24) is 0 Å². The SMILES string of the molecule is CCOC(C[P+](O)(O)O)(OCC)OCC. The number of ether oxygens (including phenoxy) is 3. The van der Waals surface area contributed by atoms with Crippen LogP contribution in [0.5, 0.6) is 0 Å². The summed E-state index contributed by atoms with van der Waals surface area (Å²) < 4.78 is 15.6. The van der Waals surface area contributed by atoms with E-state index >= 15 is 0 Å². The van der Waals surface area contributed by atoms with Crippen LogP contribution in [0, 0.1) is 0 Å². The summed E-state index contributed by atoms with van der Waals surface area (Å²) in [6.07, 6.45) is -0.491. The summed E-state index contributed by atoms with van der Waals surface area (Å²) in [6, 6.07) is 0. The Labute approximate surface area is 90.4 Å². The summed E-state index contributed by atoms with van der Waals surface area (Å²) in [7, 11) is -4.00. The lowest BCUT2D eigenvalue weighted by molar-refractivity contribution is -0.364.